The summed E-state index contributed by atoms with van der Waals surface area (Å²) in [6, 6.07) is 6.85. The number of aromatic amines is 1. The van der Waals surface area contributed by atoms with Gasteiger partial charge in [-0.05, 0) is 44.0 Å². The van der Waals surface area contributed by atoms with Gasteiger partial charge in [0.15, 0.2) is 5.82 Å². The van der Waals surface area contributed by atoms with Crippen molar-refractivity contribution in [2.45, 2.75) is 33.7 Å². The van der Waals surface area contributed by atoms with Gasteiger partial charge in [-0.25, -0.2) is 4.98 Å². The minimum atomic E-state index is -0.232. The fourth-order valence-electron chi connectivity index (χ4n) is 2.12. The van der Waals surface area contributed by atoms with Gasteiger partial charge in [-0.2, -0.15) is 5.10 Å². The largest absolute Gasteiger partial charge is 0.494 e. The number of hydrogen-bond donors (Lipinski definition) is 2. The topological polar surface area (TPSA) is 79.9 Å². The van der Waals surface area contributed by atoms with E-state index in [1.165, 1.54) is 0 Å². The molecule has 2 rings (SSSR count). The van der Waals surface area contributed by atoms with Gasteiger partial charge in [0.25, 0.3) is 5.91 Å². The van der Waals surface area contributed by atoms with Crippen LogP contribution in [-0.4, -0.2) is 27.7 Å². The van der Waals surface area contributed by atoms with E-state index in [4.69, 9.17) is 4.74 Å². The molecule has 0 aliphatic rings. The van der Waals surface area contributed by atoms with E-state index >= 15 is 0 Å². The average molecular weight is 302 g/mol. The molecular formula is C16H22N4O2. The quantitative estimate of drug-likeness (QED) is 0.859. The number of ether oxygens (including phenoxy) is 1. The standard InChI is InChI=1S/C16H22N4O2/c1-5-22-13-8-6-12(7-9-13)16(21)18-14(10(2)3)15-17-11(4)19-20-15/h6-10,14H,5H2,1-4H3,(H,18,21)(H,17,19,20). The molecule has 2 aromatic rings. The van der Waals surface area contributed by atoms with E-state index in [9.17, 15) is 4.79 Å². The molecule has 6 nitrogen and oxygen atoms in total. The van der Waals surface area contributed by atoms with Crippen molar-refractivity contribution in [1.82, 2.24) is 20.5 Å². The third-order valence-electron chi connectivity index (χ3n) is 3.27. The first-order valence-corrected chi connectivity index (χ1v) is 7.44. The lowest BCUT2D eigenvalue weighted by molar-refractivity contribution is 0.0923. The van der Waals surface area contributed by atoms with Crippen molar-refractivity contribution >= 4 is 5.91 Å². The highest BCUT2D eigenvalue weighted by Gasteiger charge is 2.22. The third kappa shape index (κ3) is 3.84. The van der Waals surface area contributed by atoms with E-state index in [-0.39, 0.29) is 17.9 Å². The minimum Gasteiger partial charge on any atom is -0.494 e. The number of hydrogen-bond acceptors (Lipinski definition) is 4. The van der Waals surface area contributed by atoms with Crippen LogP contribution in [0.25, 0.3) is 0 Å². The summed E-state index contributed by atoms with van der Waals surface area (Å²) in [6.45, 7) is 8.41. The second kappa shape index (κ2) is 7.06. The van der Waals surface area contributed by atoms with Crippen molar-refractivity contribution in [3.63, 3.8) is 0 Å². The Hall–Kier alpha value is -2.37. The van der Waals surface area contributed by atoms with Crippen LogP contribution in [0.1, 0.15) is 48.8 Å². The summed E-state index contributed by atoms with van der Waals surface area (Å²) >= 11 is 0. The van der Waals surface area contributed by atoms with Crippen molar-refractivity contribution in [3.05, 3.63) is 41.5 Å². The normalized spacial score (nSPS) is 12.2. The molecular weight excluding hydrogens is 280 g/mol. The summed E-state index contributed by atoms with van der Waals surface area (Å²) < 4.78 is 5.38. The van der Waals surface area contributed by atoms with Crippen LogP contribution >= 0.6 is 0 Å². The molecule has 118 valence electrons. The summed E-state index contributed by atoms with van der Waals surface area (Å²) in [7, 11) is 0. The van der Waals surface area contributed by atoms with Gasteiger partial charge in [-0.1, -0.05) is 13.8 Å². The van der Waals surface area contributed by atoms with Gasteiger partial charge in [0.1, 0.15) is 11.6 Å². The molecule has 1 aromatic carbocycles. The van der Waals surface area contributed by atoms with Crippen LogP contribution in [0, 0.1) is 12.8 Å². The van der Waals surface area contributed by atoms with Crippen LogP contribution < -0.4 is 10.1 Å². The zero-order valence-electron chi connectivity index (χ0n) is 13.4. The Morgan fingerprint density at radius 1 is 1.32 bits per heavy atom. The van der Waals surface area contributed by atoms with Crippen LogP contribution in [0.15, 0.2) is 24.3 Å². The van der Waals surface area contributed by atoms with Crippen LogP contribution in [0.2, 0.25) is 0 Å². The molecule has 0 saturated carbocycles. The van der Waals surface area contributed by atoms with E-state index in [0.717, 1.165) is 11.6 Å². The number of aryl methyl sites for hydroxylation is 1. The SMILES string of the molecule is CCOc1ccc(C(=O)NC(c2n[nH]c(C)n2)C(C)C)cc1. The van der Waals surface area contributed by atoms with Crippen LogP contribution in [0.3, 0.4) is 0 Å². The van der Waals surface area contributed by atoms with E-state index in [1.807, 2.05) is 27.7 Å². The van der Waals surface area contributed by atoms with Gasteiger partial charge in [0.2, 0.25) is 0 Å². The highest BCUT2D eigenvalue weighted by atomic mass is 16.5. The minimum absolute atomic E-state index is 0.149. The maximum atomic E-state index is 12.4. The van der Waals surface area contributed by atoms with Crippen molar-refractivity contribution in [3.8, 4) is 5.75 Å². The number of benzene rings is 1. The first-order valence-electron chi connectivity index (χ1n) is 7.44. The number of rotatable bonds is 6. The Morgan fingerprint density at radius 3 is 2.50 bits per heavy atom. The predicted molar refractivity (Wildman–Crippen MR) is 83.8 cm³/mol. The molecule has 22 heavy (non-hydrogen) atoms. The molecule has 0 radical (unpaired) electrons. The summed E-state index contributed by atoms with van der Waals surface area (Å²) in [6.07, 6.45) is 0. The van der Waals surface area contributed by atoms with Crippen LogP contribution in [-0.2, 0) is 0 Å². The van der Waals surface area contributed by atoms with Gasteiger partial charge < -0.3 is 10.1 Å². The molecule has 1 aromatic heterocycles. The highest BCUT2D eigenvalue weighted by molar-refractivity contribution is 5.94. The molecule has 0 fully saturated rings. The molecule has 1 atom stereocenters. The van der Waals surface area contributed by atoms with Crippen LogP contribution in [0.5, 0.6) is 5.75 Å². The number of nitrogens with one attached hydrogen (secondary N) is 2. The molecule has 0 bridgehead atoms. The average Bonchev–Trinajstić information content (AvgIpc) is 2.91. The first kappa shape index (κ1) is 16.0. The molecule has 1 amide bonds. The van der Waals surface area contributed by atoms with Gasteiger partial charge in [0, 0.05) is 5.56 Å². The smallest absolute Gasteiger partial charge is 0.251 e. The zero-order valence-corrected chi connectivity index (χ0v) is 13.4. The Morgan fingerprint density at radius 2 is 2.00 bits per heavy atom. The number of amides is 1. The molecule has 0 saturated heterocycles. The number of nitrogens with zero attached hydrogens (tertiary/aromatic N) is 2. The summed E-state index contributed by atoms with van der Waals surface area (Å²) in [5, 5.41) is 9.95. The highest BCUT2D eigenvalue weighted by Crippen LogP contribution is 2.19. The first-order chi connectivity index (χ1) is 10.5. The lowest BCUT2D eigenvalue weighted by Gasteiger charge is -2.19. The lowest BCUT2D eigenvalue weighted by Crippen LogP contribution is -2.32. The Bertz CT molecular complexity index is 619. The maximum Gasteiger partial charge on any atom is 0.251 e. The van der Waals surface area contributed by atoms with Crippen molar-refractivity contribution in [1.29, 1.82) is 0 Å². The Labute approximate surface area is 130 Å². The Kier molecular flexibility index (Phi) is 5.14. The van der Waals surface area contributed by atoms with Gasteiger partial charge in [-0.3, -0.25) is 9.89 Å². The van der Waals surface area contributed by atoms with E-state index in [0.29, 0.717) is 18.0 Å². The van der Waals surface area contributed by atoms with E-state index in [1.54, 1.807) is 24.3 Å². The molecule has 1 unspecified atom stereocenters. The molecule has 0 aliphatic carbocycles. The summed E-state index contributed by atoms with van der Waals surface area (Å²) in [4.78, 5) is 16.7. The molecule has 1 heterocycles. The van der Waals surface area contributed by atoms with Gasteiger partial charge in [-0.15, -0.1) is 0 Å². The molecule has 0 aliphatic heterocycles. The maximum absolute atomic E-state index is 12.4. The zero-order chi connectivity index (χ0) is 16.1. The van der Waals surface area contributed by atoms with Crippen molar-refractivity contribution in [2.24, 2.45) is 5.92 Å². The second-order valence-electron chi connectivity index (χ2n) is 5.43. The van der Waals surface area contributed by atoms with Crippen molar-refractivity contribution in [2.75, 3.05) is 6.61 Å². The number of carbonyl (C=O) groups is 1. The van der Waals surface area contributed by atoms with Crippen LogP contribution in [0.4, 0.5) is 0 Å². The fraction of sp³-hybridized carbons (Fsp3) is 0.438. The lowest BCUT2D eigenvalue weighted by atomic mass is 10.0. The van der Waals surface area contributed by atoms with E-state index < -0.39 is 0 Å². The fourth-order valence-corrected chi connectivity index (χ4v) is 2.12. The predicted octanol–water partition coefficient (Wildman–Crippen LogP) is 2.64. The second-order valence-corrected chi connectivity index (χ2v) is 5.43. The third-order valence-corrected chi connectivity index (χ3v) is 3.27. The van der Waals surface area contributed by atoms with Gasteiger partial charge in [0.05, 0.1) is 12.6 Å². The molecule has 2 N–H and O–H groups in total. The number of aromatic nitrogens is 3. The molecule has 6 heteroatoms. The summed E-state index contributed by atoms with van der Waals surface area (Å²) in [5.41, 5.74) is 0.585. The van der Waals surface area contributed by atoms with Crippen molar-refractivity contribution < 1.29 is 9.53 Å². The monoisotopic (exact) mass is 302 g/mol. The summed E-state index contributed by atoms with van der Waals surface area (Å²) in [5.74, 6) is 2.12. The number of H-pyrrole nitrogens is 1. The molecule has 0 spiro atoms. The van der Waals surface area contributed by atoms with Gasteiger partial charge >= 0.3 is 0 Å². The number of carbonyl (C=O) groups excluding carboxylic acids is 1. The van der Waals surface area contributed by atoms with E-state index in [2.05, 4.69) is 20.5 Å². The Balaban J connectivity index is 2.11.